The summed E-state index contributed by atoms with van der Waals surface area (Å²) in [6, 6.07) is 21.1. The van der Waals surface area contributed by atoms with Crippen molar-refractivity contribution in [1.82, 2.24) is 10.3 Å². The van der Waals surface area contributed by atoms with E-state index in [2.05, 4.69) is 15.6 Å². The second-order valence-electron chi connectivity index (χ2n) is 7.28. The lowest BCUT2D eigenvalue weighted by Crippen LogP contribution is -2.25. The predicted molar refractivity (Wildman–Crippen MR) is 126 cm³/mol. The number of nitrogens with one attached hydrogen (secondary N) is 2. The van der Waals surface area contributed by atoms with Gasteiger partial charge in [0.2, 0.25) is 5.91 Å². The van der Waals surface area contributed by atoms with Gasteiger partial charge in [0.25, 0.3) is 5.91 Å². The Hall–Kier alpha value is -3.75. The zero-order valence-electron chi connectivity index (χ0n) is 17.8. The summed E-state index contributed by atoms with van der Waals surface area (Å²) in [5.41, 5.74) is 3.74. The lowest BCUT2D eigenvalue weighted by molar-refractivity contribution is -0.120. The maximum Gasteiger partial charge on any atom is 0.293 e. The zero-order valence-corrected chi connectivity index (χ0v) is 18.6. The molecule has 4 rings (SSSR count). The Kier molecular flexibility index (Phi) is 7.63. The molecule has 0 fully saturated rings. The topological polar surface area (TPSA) is 93.5 Å². The van der Waals surface area contributed by atoms with E-state index in [9.17, 15) is 9.59 Å². The molecule has 0 radical (unpaired) electrons. The van der Waals surface area contributed by atoms with E-state index >= 15 is 0 Å². The van der Waals surface area contributed by atoms with Crippen molar-refractivity contribution in [3.8, 4) is 0 Å². The van der Waals surface area contributed by atoms with E-state index in [1.165, 1.54) is 17.6 Å². The molecule has 0 aliphatic rings. The van der Waals surface area contributed by atoms with Crippen LogP contribution in [0.4, 0.5) is 5.13 Å². The van der Waals surface area contributed by atoms with Crippen molar-refractivity contribution in [3.05, 3.63) is 107 Å². The highest BCUT2D eigenvalue weighted by atomic mass is 32.1. The van der Waals surface area contributed by atoms with Gasteiger partial charge >= 0.3 is 0 Å². The molecule has 0 atom stereocenters. The van der Waals surface area contributed by atoms with Crippen LogP contribution in [-0.2, 0) is 35.7 Å². The highest BCUT2D eigenvalue weighted by molar-refractivity contribution is 7.14. The van der Waals surface area contributed by atoms with E-state index in [4.69, 9.17) is 9.15 Å². The lowest BCUT2D eigenvalue weighted by atomic mass is 10.1. The SMILES string of the molecule is O=C(Cc1csc(NC(=O)c2ccco2)n1)NCc1ccccc1COCc1ccccc1. The molecule has 8 heteroatoms. The van der Waals surface area contributed by atoms with E-state index in [1.807, 2.05) is 54.6 Å². The van der Waals surface area contributed by atoms with Crippen molar-refractivity contribution in [2.24, 2.45) is 0 Å². The van der Waals surface area contributed by atoms with Gasteiger partial charge in [-0.15, -0.1) is 11.3 Å². The standard InChI is InChI=1S/C25H23N3O4S/c29-23(13-21-17-33-25(27-21)28-24(30)22-11-6-12-32-22)26-14-19-9-4-5-10-20(19)16-31-15-18-7-2-1-3-8-18/h1-12,17H,13-16H2,(H,26,29)(H,27,28,30). The maximum absolute atomic E-state index is 12.4. The van der Waals surface area contributed by atoms with Crippen LogP contribution in [0.1, 0.15) is 32.9 Å². The molecule has 2 N–H and O–H groups in total. The van der Waals surface area contributed by atoms with Crippen molar-refractivity contribution in [2.45, 2.75) is 26.2 Å². The molecule has 7 nitrogen and oxygen atoms in total. The first kappa shape index (κ1) is 22.4. The average molecular weight is 462 g/mol. The Morgan fingerprint density at radius 1 is 0.939 bits per heavy atom. The number of furan rings is 1. The molecule has 0 spiro atoms. The van der Waals surface area contributed by atoms with Gasteiger partial charge in [0.1, 0.15) is 0 Å². The monoisotopic (exact) mass is 461 g/mol. The Balaban J connectivity index is 1.25. The largest absolute Gasteiger partial charge is 0.459 e. The number of rotatable bonds is 10. The van der Waals surface area contributed by atoms with Crippen LogP contribution in [0.5, 0.6) is 0 Å². The molecule has 2 amide bonds. The molecule has 2 heterocycles. The number of aromatic nitrogens is 1. The molecule has 33 heavy (non-hydrogen) atoms. The highest BCUT2D eigenvalue weighted by Gasteiger charge is 2.13. The van der Waals surface area contributed by atoms with Crippen LogP contribution in [0, 0.1) is 0 Å². The molecule has 0 saturated carbocycles. The van der Waals surface area contributed by atoms with Crippen LogP contribution in [0.3, 0.4) is 0 Å². The number of hydrogen-bond acceptors (Lipinski definition) is 6. The van der Waals surface area contributed by atoms with Gasteiger partial charge in [-0.05, 0) is 28.8 Å². The molecule has 0 unspecified atom stereocenters. The summed E-state index contributed by atoms with van der Waals surface area (Å²) >= 11 is 1.26. The normalized spacial score (nSPS) is 10.7. The smallest absolute Gasteiger partial charge is 0.293 e. The first-order chi connectivity index (χ1) is 16.2. The summed E-state index contributed by atoms with van der Waals surface area (Å²) in [5, 5.41) is 7.77. The minimum Gasteiger partial charge on any atom is -0.459 e. The average Bonchev–Trinajstić information content (AvgIpc) is 3.52. The molecular weight excluding hydrogens is 438 g/mol. The number of hydrogen-bond donors (Lipinski definition) is 2. The minimum absolute atomic E-state index is 0.125. The fraction of sp³-hybridized carbons (Fsp3) is 0.160. The van der Waals surface area contributed by atoms with Crippen molar-refractivity contribution >= 4 is 28.3 Å². The van der Waals surface area contributed by atoms with Gasteiger partial charge in [-0.2, -0.15) is 0 Å². The van der Waals surface area contributed by atoms with E-state index in [0.29, 0.717) is 30.6 Å². The third-order valence-corrected chi connectivity index (χ3v) is 5.63. The number of ether oxygens (including phenoxy) is 1. The molecule has 4 aromatic rings. The fourth-order valence-corrected chi connectivity index (χ4v) is 3.86. The molecule has 0 aliphatic heterocycles. The molecule has 168 valence electrons. The van der Waals surface area contributed by atoms with Gasteiger partial charge in [-0.1, -0.05) is 54.6 Å². The third-order valence-electron chi connectivity index (χ3n) is 4.82. The van der Waals surface area contributed by atoms with Crippen molar-refractivity contribution < 1.29 is 18.7 Å². The number of carbonyl (C=O) groups is 2. The van der Waals surface area contributed by atoms with Crippen LogP contribution in [0.2, 0.25) is 0 Å². The summed E-state index contributed by atoms with van der Waals surface area (Å²) < 4.78 is 10.9. The molecule has 0 bridgehead atoms. The number of nitrogens with zero attached hydrogens (tertiary/aromatic N) is 1. The summed E-state index contributed by atoms with van der Waals surface area (Å²) in [7, 11) is 0. The van der Waals surface area contributed by atoms with Crippen LogP contribution < -0.4 is 10.6 Å². The first-order valence-corrected chi connectivity index (χ1v) is 11.3. The van der Waals surface area contributed by atoms with Crippen LogP contribution in [0.25, 0.3) is 0 Å². The number of carbonyl (C=O) groups excluding carboxylic acids is 2. The predicted octanol–water partition coefficient (Wildman–Crippen LogP) is 4.56. The van der Waals surface area contributed by atoms with Crippen molar-refractivity contribution in [2.75, 3.05) is 5.32 Å². The molecule has 0 saturated heterocycles. The van der Waals surface area contributed by atoms with Crippen molar-refractivity contribution in [3.63, 3.8) is 0 Å². The lowest BCUT2D eigenvalue weighted by Gasteiger charge is -2.11. The summed E-state index contributed by atoms with van der Waals surface area (Å²) in [6.07, 6.45) is 1.56. The second-order valence-corrected chi connectivity index (χ2v) is 8.13. The number of benzene rings is 2. The summed E-state index contributed by atoms with van der Waals surface area (Å²) in [6.45, 7) is 1.39. The van der Waals surface area contributed by atoms with E-state index in [1.54, 1.807) is 17.5 Å². The molecular formula is C25H23N3O4S. The zero-order chi connectivity index (χ0) is 22.9. The maximum atomic E-state index is 12.4. The first-order valence-electron chi connectivity index (χ1n) is 10.4. The van der Waals surface area contributed by atoms with Gasteiger partial charge in [0, 0.05) is 11.9 Å². The van der Waals surface area contributed by atoms with Crippen LogP contribution >= 0.6 is 11.3 Å². The van der Waals surface area contributed by atoms with Crippen LogP contribution in [-0.4, -0.2) is 16.8 Å². The Morgan fingerprint density at radius 2 is 1.73 bits per heavy atom. The number of anilines is 1. The molecule has 2 aromatic carbocycles. The molecule has 0 aliphatic carbocycles. The summed E-state index contributed by atoms with van der Waals surface area (Å²) in [4.78, 5) is 28.8. The van der Waals surface area contributed by atoms with Crippen LogP contribution in [0.15, 0.2) is 82.8 Å². The quantitative estimate of drug-likeness (QED) is 0.361. The summed E-state index contributed by atoms with van der Waals surface area (Å²) in [5.74, 6) is -0.323. The molecule has 2 aromatic heterocycles. The highest BCUT2D eigenvalue weighted by Crippen LogP contribution is 2.17. The Labute approximate surface area is 195 Å². The van der Waals surface area contributed by atoms with E-state index in [-0.39, 0.29) is 24.0 Å². The second kappa shape index (κ2) is 11.2. The minimum atomic E-state index is -0.378. The van der Waals surface area contributed by atoms with Gasteiger partial charge in [0.05, 0.1) is 31.6 Å². The number of thiazole rings is 1. The van der Waals surface area contributed by atoms with Gasteiger partial charge in [-0.3, -0.25) is 14.9 Å². The Morgan fingerprint density at radius 3 is 2.52 bits per heavy atom. The fourth-order valence-electron chi connectivity index (χ4n) is 3.16. The van der Waals surface area contributed by atoms with Gasteiger partial charge in [0.15, 0.2) is 10.9 Å². The van der Waals surface area contributed by atoms with E-state index < -0.39 is 0 Å². The Bertz CT molecular complexity index is 1190. The van der Waals surface area contributed by atoms with Crippen molar-refractivity contribution in [1.29, 1.82) is 0 Å². The van der Waals surface area contributed by atoms with Gasteiger partial charge < -0.3 is 14.5 Å². The van der Waals surface area contributed by atoms with Gasteiger partial charge in [-0.25, -0.2) is 4.98 Å². The number of amides is 2. The third kappa shape index (κ3) is 6.61. The van der Waals surface area contributed by atoms with E-state index in [0.717, 1.165) is 16.7 Å².